The van der Waals surface area contributed by atoms with Crippen molar-refractivity contribution in [3.8, 4) is 0 Å². The van der Waals surface area contributed by atoms with Crippen LogP contribution in [0.25, 0.3) is 0 Å². The Labute approximate surface area is 359 Å². The van der Waals surface area contributed by atoms with Gasteiger partial charge in [-0.05, 0) is 0 Å². The van der Waals surface area contributed by atoms with Crippen molar-refractivity contribution < 1.29 is 72.4 Å². The van der Waals surface area contributed by atoms with E-state index in [1.54, 1.807) is 12.1 Å². The smallest absolute Gasteiger partial charge is 1.00 e. The summed E-state index contributed by atoms with van der Waals surface area (Å²) < 4.78 is 89.5. The molecule has 2 fully saturated rings. The molecule has 2 aromatic rings. The van der Waals surface area contributed by atoms with E-state index in [2.05, 4.69) is 134 Å². The summed E-state index contributed by atoms with van der Waals surface area (Å²) in [5.41, 5.74) is -2.79. The van der Waals surface area contributed by atoms with Crippen LogP contribution in [0.1, 0.15) is 84.1 Å². The zero-order valence-electron chi connectivity index (χ0n) is 34.1. The maximum absolute atomic E-state index is 14.6. The third-order valence-corrected chi connectivity index (χ3v) is 26.3. The van der Waals surface area contributed by atoms with Crippen LogP contribution in [0.5, 0.6) is 0 Å². The molecule has 9 atom stereocenters. The van der Waals surface area contributed by atoms with Crippen LogP contribution in [-0.2, 0) is 33.6 Å². The molecule has 0 heterocycles. The summed E-state index contributed by atoms with van der Waals surface area (Å²) in [6.07, 6.45) is 22.8. The first kappa shape index (κ1) is 44.8. The summed E-state index contributed by atoms with van der Waals surface area (Å²) in [5, 5.41) is 0. The number of hydrogen-bond donors (Lipinski definition) is 0. The van der Waals surface area contributed by atoms with Crippen LogP contribution in [0.2, 0.25) is 3.63 Å². The van der Waals surface area contributed by atoms with E-state index in [4.69, 9.17) is 0 Å². The SMILES string of the molecule is CC1=CC=CC2[CH]([Zr+2]([C]3=CC=CC3)=[C](c3cccc(C(F)(F)F)c3)c3cccc(C(F)(F)F)c3)C3(C)C4(C)C=CC=CC4(C)C4(C)C=CC=CC4(C)C3(C)C12C.[Cl-].[Cl-]. The van der Waals surface area contributed by atoms with Gasteiger partial charge in [-0.3, -0.25) is 0 Å². The van der Waals surface area contributed by atoms with Gasteiger partial charge in [0.1, 0.15) is 0 Å². The molecule has 9 unspecified atom stereocenters. The number of rotatable bonds is 4. The van der Waals surface area contributed by atoms with Gasteiger partial charge >= 0.3 is 337 Å². The molecule has 58 heavy (non-hydrogen) atoms. The normalized spacial score (nSPS) is 37.6. The van der Waals surface area contributed by atoms with Crippen molar-refractivity contribution in [2.24, 2.45) is 43.8 Å². The summed E-state index contributed by atoms with van der Waals surface area (Å²) in [5.74, 6) is -0.0520. The van der Waals surface area contributed by atoms with Gasteiger partial charge in [0.25, 0.3) is 0 Å². The second-order valence-electron chi connectivity index (χ2n) is 18.3. The zero-order valence-corrected chi connectivity index (χ0v) is 38.1. The summed E-state index contributed by atoms with van der Waals surface area (Å²) in [4.78, 5) is 0. The molecule has 6 aliphatic rings. The summed E-state index contributed by atoms with van der Waals surface area (Å²) in [7, 11) is 0. The van der Waals surface area contributed by atoms with E-state index in [9.17, 15) is 26.3 Å². The number of halogens is 8. The zero-order chi connectivity index (χ0) is 40.5. The Bertz CT molecular complexity index is 2260. The maximum Gasteiger partial charge on any atom is -1.00 e. The first-order chi connectivity index (χ1) is 26.1. The Kier molecular flexibility index (Phi) is 10.9. The van der Waals surface area contributed by atoms with Crippen molar-refractivity contribution in [1.29, 1.82) is 0 Å². The number of hydrogen-bond acceptors (Lipinski definition) is 0. The van der Waals surface area contributed by atoms with Gasteiger partial charge in [0, 0.05) is 0 Å². The average molecular weight is 915 g/mol. The monoisotopic (exact) mass is 912 g/mol. The Morgan fingerprint density at radius 3 is 1.59 bits per heavy atom. The fourth-order valence-electron chi connectivity index (χ4n) is 13.6. The summed E-state index contributed by atoms with van der Waals surface area (Å²) in [6.45, 7) is 19.3. The fourth-order valence-corrected chi connectivity index (χ4v) is 24.7. The van der Waals surface area contributed by atoms with E-state index >= 15 is 0 Å². The molecule has 9 heteroatoms. The van der Waals surface area contributed by atoms with Gasteiger partial charge in [-0.2, -0.15) is 0 Å². The third kappa shape index (κ3) is 5.33. The van der Waals surface area contributed by atoms with Crippen molar-refractivity contribution in [3.05, 3.63) is 165 Å². The van der Waals surface area contributed by atoms with Gasteiger partial charge in [-0.25, -0.2) is 0 Å². The molecule has 0 aromatic heterocycles. The molecule has 0 nitrogen and oxygen atoms in total. The van der Waals surface area contributed by atoms with Gasteiger partial charge in [0.15, 0.2) is 0 Å². The summed E-state index contributed by atoms with van der Waals surface area (Å²) in [6, 6.07) is 10.8. The van der Waals surface area contributed by atoms with Gasteiger partial charge in [-0.15, -0.1) is 0 Å². The quantitative estimate of drug-likeness (QED) is 0.273. The largest absolute Gasteiger partial charge is 1.00 e. The molecule has 0 spiro atoms. The minimum absolute atomic E-state index is 0. The van der Waals surface area contributed by atoms with Crippen LogP contribution in [0, 0.1) is 43.8 Å². The van der Waals surface area contributed by atoms with Crippen LogP contribution in [0.4, 0.5) is 26.3 Å². The van der Waals surface area contributed by atoms with Crippen molar-refractivity contribution in [2.45, 2.75) is 77.8 Å². The number of benzene rings is 2. The minimum Gasteiger partial charge on any atom is -1.00 e. The first-order valence-electron chi connectivity index (χ1n) is 19.6. The van der Waals surface area contributed by atoms with Crippen molar-refractivity contribution in [1.82, 2.24) is 0 Å². The molecule has 0 N–H and O–H groups in total. The Morgan fingerprint density at radius 1 is 0.621 bits per heavy atom. The molecule has 8 rings (SSSR count). The minimum atomic E-state index is -4.63. The van der Waals surface area contributed by atoms with E-state index in [1.807, 2.05) is 6.08 Å². The number of fused-ring (bicyclic) bond motifs is 8. The van der Waals surface area contributed by atoms with Crippen LogP contribution >= 0.6 is 0 Å². The maximum atomic E-state index is 14.6. The van der Waals surface area contributed by atoms with E-state index in [1.165, 1.54) is 33.1 Å². The average Bonchev–Trinajstić information content (AvgIpc) is 3.73. The molecule has 0 aliphatic heterocycles. The van der Waals surface area contributed by atoms with E-state index in [0.717, 1.165) is 12.1 Å². The van der Waals surface area contributed by atoms with Gasteiger partial charge in [0.2, 0.25) is 0 Å². The van der Waals surface area contributed by atoms with Crippen molar-refractivity contribution in [2.75, 3.05) is 0 Å². The number of alkyl halides is 6. The Hall–Kier alpha value is -2.73. The van der Waals surface area contributed by atoms with Crippen molar-refractivity contribution >= 4 is 3.21 Å². The molecule has 2 aromatic carbocycles. The summed E-state index contributed by atoms with van der Waals surface area (Å²) >= 11 is -3.82. The molecule has 2 saturated carbocycles. The Morgan fingerprint density at radius 2 is 1.10 bits per heavy atom. The van der Waals surface area contributed by atoms with Crippen molar-refractivity contribution in [3.63, 3.8) is 0 Å². The third-order valence-electron chi connectivity index (χ3n) is 17.2. The number of allylic oxidation sites excluding steroid dienone is 16. The predicted octanol–water partition coefficient (Wildman–Crippen LogP) is 8.01. The second-order valence-corrected chi connectivity index (χ2v) is 24.7. The van der Waals surface area contributed by atoms with Crippen LogP contribution in [-0.4, -0.2) is 3.21 Å². The first-order valence-corrected chi connectivity index (χ1v) is 23.5. The van der Waals surface area contributed by atoms with Gasteiger partial charge in [-0.1, -0.05) is 0 Å². The molecule has 6 aliphatic carbocycles. The van der Waals surface area contributed by atoms with Crippen LogP contribution in [0.15, 0.2) is 142 Å². The fraction of sp³-hybridized carbons (Fsp3) is 0.408. The van der Waals surface area contributed by atoms with E-state index in [-0.39, 0.29) is 39.8 Å². The predicted molar refractivity (Wildman–Crippen MR) is 211 cm³/mol. The Balaban J connectivity index is 0.00000283. The van der Waals surface area contributed by atoms with E-state index < -0.39 is 77.2 Å². The van der Waals surface area contributed by atoms with E-state index in [0.29, 0.717) is 20.8 Å². The molecule has 0 bridgehead atoms. The molecule has 0 amide bonds. The second kappa shape index (κ2) is 14.2. The topological polar surface area (TPSA) is 0 Å². The van der Waals surface area contributed by atoms with Crippen LogP contribution in [0.3, 0.4) is 0 Å². The molecule has 306 valence electrons. The molecular formula is C49H50Cl2F6Zr. The van der Waals surface area contributed by atoms with Crippen LogP contribution < -0.4 is 24.8 Å². The molecular weight excluding hydrogens is 865 g/mol. The molecule has 0 radical (unpaired) electrons. The van der Waals surface area contributed by atoms with Gasteiger partial charge in [0.05, 0.1) is 0 Å². The molecule has 0 saturated heterocycles. The standard InChI is InChI=1S/C29H37.C15H8F6.C5H5.2ClH.Zr/c1-21-14-13-15-22-20-27(6)25(4)18-10-9-16-23(25,2)24(3)17-11-12-19-26(24,5)29(27,8)28(21,22)7;16-14(17,18)12-5-1-3-10(8-12)7-11-4-2-6-13(9-11)15(19,20)21;1-2-4-5-3-1;;;/h9-20,22H,1-8H3;1-6,8-9H;1-3H,4H2;2*1H;/q;;;;;+2/p-2. The van der Waals surface area contributed by atoms with Gasteiger partial charge < -0.3 is 24.8 Å².